The van der Waals surface area contributed by atoms with Crippen LogP contribution in [-0.4, -0.2) is 52.7 Å². The Morgan fingerprint density at radius 1 is 1.25 bits per heavy atom. The first-order valence-corrected chi connectivity index (χ1v) is 10.8. The minimum Gasteiger partial charge on any atom is -0.330 e. The molecule has 32 heavy (non-hydrogen) atoms. The molecule has 5 nitrogen and oxygen atoms in total. The van der Waals surface area contributed by atoms with Crippen LogP contribution in [0.2, 0.25) is 0 Å². The number of nitrogens with one attached hydrogen (secondary N) is 1. The highest BCUT2D eigenvalue weighted by molar-refractivity contribution is 6.02. The first-order valence-electron chi connectivity index (χ1n) is 10.8. The minimum absolute atomic E-state index is 0.0924. The monoisotopic (exact) mass is 444 g/mol. The van der Waals surface area contributed by atoms with Gasteiger partial charge in [-0.3, -0.25) is 9.48 Å². The van der Waals surface area contributed by atoms with Gasteiger partial charge in [0, 0.05) is 25.0 Å². The van der Waals surface area contributed by atoms with Crippen molar-refractivity contribution < 1.29 is 18.0 Å². The van der Waals surface area contributed by atoms with Gasteiger partial charge in [0.1, 0.15) is 5.82 Å². The lowest BCUT2D eigenvalue weighted by atomic mass is 9.86. The third kappa shape index (κ3) is 4.24. The summed E-state index contributed by atoms with van der Waals surface area (Å²) in [6.45, 7) is 4.34. The van der Waals surface area contributed by atoms with Gasteiger partial charge < -0.3 is 10.2 Å². The molecular formula is C24H27F3N4O. The van der Waals surface area contributed by atoms with Crippen LogP contribution in [-0.2, 0) is 7.05 Å². The second kappa shape index (κ2) is 8.94. The van der Waals surface area contributed by atoms with Crippen molar-refractivity contribution >= 4 is 16.8 Å². The lowest BCUT2D eigenvalue weighted by Gasteiger charge is -2.28. The number of carbonyl (C=O) groups excluding carboxylic acids is 1. The molecule has 4 rings (SSSR count). The summed E-state index contributed by atoms with van der Waals surface area (Å²) in [4.78, 5) is 14.5. The highest BCUT2D eigenvalue weighted by Crippen LogP contribution is 2.38. The predicted molar refractivity (Wildman–Crippen MR) is 119 cm³/mol. The molecule has 1 fully saturated rings. The molecule has 0 spiro atoms. The molecule has 0 saturated carbocycles. The quantitative estimate of drug-likeness (QED) is 0.606. The van der Waals surface area contributed by atoms with E-state index in [2.05, 4.69) is 16.5 Å². The first kappa shape index (κ1) is 22.3. The SMILES string of the molecule is CC(C)N(CC(F)F)C(=O)c1cc(F)ccc1-c1cc2cnn(C)c2cc1C1CCNC1. The Bertz CT molecular complexity index is 1140. The van der Waals surface area contributed by atoms with Crippen LogP contribution in [0.4, 0.5) is 13.2 Å². The Hall–Kier alpha value is -2.87. The fraction of sp³-hybridized carbons (Fsp3) is 0.417. The molecule has 1 amide bonds. The standard InChI is InChI=1S/C24H27F3N4O/c1-14(2)31(13-23(26)27)24(32)21-9-17(25)4-5-18(21)20-8-16-12-29-30(3)22(16)10-19(20)15-6-7-28-11-15/h4-5,8-10,12,14-15,23,28H,6-7,11,13H2,1-3H3. The van der Waals surface area contributed by atoms with E-state index in [9.17, 15) is 18.0 Å². The molecule has 170 valence electrons. The number of benzene rings is 2. The van der Waals surface area contributed by atoms with Gasteiger partial charge >= 0.3 is 0 Å². The third-order valence-corrected chi connectivity index (χ3v) is 6.14. The summed E-state index contributed by atoms with van der Waals surface area (Å²) in [7, 11) is 1.87. The largest absolute Gasteiger partial charge is 0.330 e. The van der Waals surface area contributed by atoms with E-state index >= 15 is 0 Å². The summed E-state index contributed by atoms with van der Waals surface area (Å²) in [5.41, 5.74) is 3.45. The van der Waals surface area contributed by atoms with Crippen molar-refractivity contribution in [1.82, 2.24) is 20.0 Å². The van der Waals surface area contributed by atoms with E-state index in [-0.39, 0.29) is 11.5 Å². The summed E-state index contributed by atoms with van der Waals surface area (Å²) in [6.07, 6.45) is 0.00690. The number of aromatic nitrogens is 2. The van der Waals surface area contributed by atoms with Gasteiger partial charge in [0.2, 0.25) is 0 Å². The van der Waals surface area contributed by atoms with Crippen molar-refractivity contribution in [2.45, 2.75) is 38.7 Å². The molecule has 1 aliphatic rings. The Morgan fingerprint density at radius 3 is 2.69 bits per heavy atom. The van der Waals surface area contributed by atoms with Gasteiger partial charge in [-0.2, -0.15) is 5.10 Å². The van der Waals surface area contributed by atoms with Crippen LogP contribution in [0.3, 0.4) is 0 Å². The molecule has 2 aromatic carbocycles. The highest BCUT2D eigenvalue weighted by atomic mass is 19.3. The maximum absolute atomic E-state index is 14.3. The lowest BCUT2D eigenvalue weighted by molar-refractivity contribution is 0.0476. The second-order valence-corrected chi connectivity index (χ2v) is 8.59. The average molecular weight is 445 g/mol. The van der Waals surface area contributed by atoms with Gasteiger partial charge in [0.25, 0.3) is 12.3 Å². The highest BCUT2D eigenvalue weighted by Gasteiger charge is 2.28. The number of fused-ring (bicyclic) bond motifs is 1. The summed E-state index contributed by atoms with van der Waals surface area (Å²) in [6, 6.07) is 7.63. The zero-order valence-corrected chi connectivity index (χ0v) is 18.4. The molecule has 1 aliphatic heterocycles. The average Bonchev–Trinajstić information content (AvgIpc) is 3.40. The molecule has 1 N–H and O–H groups in total. The van der Waals surface area contributed by atoms with Gasteiger partial charge in [-0.05, 0) is 73.7 Å². The van der Waals surface area contributed by atoms with Crippen LogP contribution in [0.5, 0.6) is 0 Å². The van der Waals surface area contributed by atoms with Gasteiger partial charge in [-0.15, -0.1) is 0 Å². The molecule has 1 aromatic heterocycles. The minimum atomic E-state index is -2.68. The zero-order chi connectivity index (χ0) is 23.0. The Morgan fingerprint density at radius 2 is 2.03 bits per heavy atom. The van der Waals surface area contributed by atoms with Crippen LogP contribution in [0.15, 0.2) is 36.5 Å². The molecular weight excluding hydrogens is 417 g/mol. The molecule has 1 atom stereocenters. The first-order chi connectivity index (χ1) is 15.3. The van der Waals surface area contributed by atoms with E-state index < -0.39 is 30.7 Å². The van der Waals surface area contributed by atoms with Gasteiger partial charge in [0.05, 0.1) is 23.8 Å². The van der Waals surface area contributed by atoms with Gasteiger partial charge in [0.15, 0.2) is 0 Å². The lowest BCUT2D eigenvalue weighted by Crippen LogP contribution is -2.40. The normalized spacial score (nSPS) is 16.4. The van der Waals surface area contributed by atoms with Gasteiger partial charge in [-0.25, -0.2) is 13.2 Å². The number of rotatable bonds is 6. The zero-order valence-electron chi connectivity index (χ0n) is 18.4. The van der Waals surface area contributed by atoms with Crippen molar-refractivity contribution in [3.8, 4) is 11.1 Å². The number of aryl methyl sites for hydroxylation is 1. The Kier molecular flexibility index (Phi) is 6.24. The van der Waals surface area contributed by atoms with Gasteiger partial charge in [-0.1, -0.05) is 6.07 Å². The summed E-state index contributed by atoms with van der Waals surface area (Å²) in [5, 5.41) is 8.60. The smallest absolute Gasteiger partial charge is 0.255 e. The maximum Gasteiger partial charge on any atom is 0.255 e. The van der Waals surface area contributed by atoms with Crippen LogP contribution in [0.1, 0.15) is 42.1 Å². The van der Waals surface area contributed by atoms with Crippen LogP contribution < -0.4 is 5.32 Å². The molecule has 3 aromatic rings. The number of hydrogen-bond acceptors (Lipinski definition) is 3. The maximum atomic E-state index is 14.3. The van der Waals surface area contributed by atoms with Crippen molar-refractivity contribution in [2.75, 3.05) is 19.6 Å². The summed E-state index contributed by atoms with van der Waals surface area (Å²) >= 11 is 0. The van der Waals surface area contributed by atoms with Crippen LogP contribution in [0, 0.1) is 5.82 Å². The number of carbonyl (C=O) groups is 1. The fourth-order valence-electron chi connectivity index (χ4n) is 4.47. The topological polar surface area (TPSA) is 50.2 Å². The molecule has 1 unspecified atom stereocenters. The Labute approximate surface area is 185 Å². The molecule has 2 heterocycles. The number of halogens is 3. The third-order valence-electron chi connectivity index (χ3n) is 6.14. The van der Waals surface area contributed by atoms with Crippen LogP contribution >= 0.6 is 0 Å². The van der Waals surface area contributed by atoms with E-state index in [1.54, 1.807) is 30.8 Å². The molecule has 0 bridgehead atoms. The number of hydrogen-bond donors (Lipinski definition) is 1. The Balaban J connectivity index is 1.90. The van der Waals surface area contributed by atoms with E-state index in [0.29, 0.717) is 5.56 Å². The number of alkyl halides is 2. The van der Waals surface area contributed by atoms with Crippen LogP contribution in [0.25, 0.3) is 22.0 Å². The number of amides is 1. The fourth-order valence-corrected chi connectivity index (χ4v) is 4.47. The molecule has 8 heteroatoms. The summed E-state index contributed by atoms with van der Waals surface area (Å²) < 4.78 is 42.4. The molecule has 1 saturated heterocycles. The van der Waals surface area contributed by atoms with E-state index in [1.807, 2.05) is 13.1 Å². The molecule has 0 aliphatic carbocycles. The summed E-state index contributed by atoms with van der Waals surface area (Å²) in [5.74, 6) is -0.958. The number of nitrogens with zero attached hydrogens (tertiary/aromatic N) is 3. The van der Waals surface area contributed by atoms with E-state index in [0.717, 1.165) is 52.5 Å². The van der Waals surface area contributed by atoms with E-state index in [4.69, 9.17) is 0 Å². The van der Waals surface area contributed by atoms with Crippen molar-refractivity contribution in [1.29, 1.82) is 0 Å². The van der Waals surface area contributed by atoms with Crippen molar-refractivity contribution in [3.63, 3.8) is 0 Å². The molecule has 0 radical (unpaired) electrons. The second-order valence-electron chi connectivity index (χ2n) is 8.59. The van der Waals surface area contributed by atoms with Crippen molar-refractivity contribution in [2.24, 2.45) is 7.05 Å². The van der Waals surface area contributed by atoms with E-state index in [1.165, 1.54) is 6.07 Å². The predicted octanol–water partition coefficient (Wildman–Crippen LogP) is 4.57. The van der Waals surface area contributed by atoms with Crippen molar-refractivity contribution in [3.05, 3.63) is 53.5 Å².